The van der Waals surface area contributed by atoms with Gasteiger partial charge in [0.2, 0.25) is 0 Å². The van der Waals surface area contributed by atoms with E-state index in [1.165, 1.54) is 10.9 Å². The van der Waals surface area contributed by atoms with Crippen LogP contribution in [0.25, 0.3) is 10.9 Å². The van der Waals surface area contributed by atoms with Crippen LogP contribution in [0.15, 0.2) is 57.7 Å². The highest BCUT2D eigenvalue weighted by atomic mass is 79.9. The van der Waals surface area contributed by atoms with Gasteiger partial charge in [0.25, 0.3) is 0 Å². The summed E-state index contributed by atoms with van der Waals surface area (Å²) in [4.78, 5) is 4.42. The Labute approximate surface area is 132 Å². The third-order valence-corrected chi connectivity index (χ3v) is 3.98. The zero-order chi connectivity index (χ0) is 14.7. The zero-order valence-electron chi connectivity index (χ0n) is 11.8. The van der Waals surface area contributed by atoms with Crippen LogP contribution >= 0.6 is 15.9 Å². The molecule has 1 aromatic carbocycles. The van der Waals surface area contributed by atoms with Gasteiger partial charge in [-0.3, -0.25) is 4.98 Å². The van der Waals surface area contributed by atoms with Gasteiger partial charge in [-0.2, -0.15) is 0 Å². The molecule has 0 radical (unpaired) electrons. The van der Waals surface area contributed by atoms with Crippen LogP contribution in [0, 0.1) is 0 Å². The predicted octanol–water partition coefficient (Wildman–Crippen LogP) is 4.48. The van der Waals surface area contributed by atoms with E-state index >= 15 is 0 Å². The van der Waals surface area contributed by atoms with Gasteiger partial charge < -0.3 is 9.73 Å². The van der Waals surface area contributed by atoms with Gasteiger partial charge in [0.1, 0.15) is 5.76 Å². The molecule has 21 heavy (non-hydrogen) atoms. The molecule has 0 aliphatic heterocycles. The molecule has 0 aliphatic rings. The van der Waals surface area contributed by atoms with E-state index in [2.05, 4.69) is 51.4 Å². The quantitative estimate of drug-likeness (QED) is 0.741. The highest BCUT2D eigenvalue weighted by Gasteiger charge is 2.16. The zero-order valence-corrected chi connectivity index (χ0v) is 13.4. The number of para-hydroxylation sites is 1. The second-order valence-electron chi connectivity index (χ2n) is 4.94. The van der Waals surface area contributed by atoms with E-state index < -0.39 is 0 Å². The summed E-state index contributed by atoms with van der Waals surface area (Å²) in [6.45, 7) is 3.00. The molecule has 0 saturated heterocycles. The fourth-order valence-corrected chi connectivity index (χ4v) is 2.91. The van der Waals surface area contributed by atoms with Gasteiger partial charge in [0.15, 0.2) is 4.67 Å². The summed E-state index contributed by atoms with van der Waals surface area (Å²) in [6.07, 6.45) is 2.75. The number of hydrogen-bond acceptors (Lipinski definition) is 3. The van der Waals surface area contributed by atoms with Crippen LogP contribution in [0.4, 0.5) is 0 Å². The van der Waals surface area contributed by atoms with E-state index in [1.54, 1.807) is 0 Å². The Morgan fingerprint density at radius 1 is 1.19 bits per heavy atom. The van der Waals surface area contributed by atoms with Gasteiger partial charge in [-0.1, -0.05) is 25.1 Å². The Kier molecular flexibility index (Phi) is 4.36. The molecule has 1 atom stereocenters. The van der Waals surface area contributed by atoms with Crippen molar-refractivity contribution in [2.45, 2.75) is 19.4 Å². The molecule has 108 valence electrons. The predicted molar refractivity (Wildman–Crippen MR) is 88.3 cm³/mol. The molecule has 3 rings (SSSR count). The van der Waals surface area contributed by atoms with Gasteiger partial charge >= 0.3 is 0 Å². The normalized spacial score (nSPS) is 12.7. The van der Waals surface area contributed by atoms with Crippen LogP contribution in [0.3, 0.4) is 0 Å². The van der Waals surface area contributed by atoms with E-state index in [-0.39, 0.29) is 6.04 Å². The lowest BCUT2D eigenvalue weighted by atomic mass is 10.0. The van der Waals surface area contributed by atoms with Crippen LogP contribution < -0.4 is 5.32 Å². The number of aromatic nitrogens is 1. The maximum absolute atomic E-state index is 5.72. The minimum absolute atomic E-state index is 0.159. The van der Waals surface area contributed by atoms with Crippen molar-refractivity contribution in [3.63, 3.8) is 0 Å². The van der Waals surface area contributed by atoms with E-state index in [4.69, 9.17) is 4.42 Å². The SMILES string of the molecule is CCNC(Cc1ccnc2ccccc12)c1ccc(Br)o1. The Balaban J connectivity index is 1.94. The molecule has 0 spiro atoms. The Morgan fingerprint density at radius 3 is 2.81 bits per heavy atom. The number of nitrogens with zero attached hydrogens (tertiary/aromatic N) is 1. The number of hydrogen-bond donors (Lipinski definition) is 1. The Bertz CT molecular complexity index is 733. The molecule has 0 fully saturated rings. The summed E-state index contributed by atoms with van der Waals surface area (Å²) in [5.74, 6) is 0.949. The first-order valence-electron chi connectivity index (χ1n) is 7.09. The van der Waals surface area contributed by atoms with Crippen molar-refractivity contribution in [1.29, 1.82) is 0 Å². The second kappa shape index (κ2) is 6.41. The summed E-state index contributed by atoms with van der Waals surface area (Å²) >= 11 is 3.37. The lowest BCUT2D eigenvalue weighted by Gasteiger charge is -2.16. The van der Waals surface area contributed by atoms with E-state index in [0.717, 1.165) is 28.9 Å². The molecule has 1 unspecified atom stereocenters. The van der Waals surface area contributed by atoms with Gasteiger partial charge in [0.05, 0.1) is 11.6 Å². The van der Waals surface area contributed by atoms with E-state index in [1.807, 2.05) is 30.5 Å². The molecule has 3 aromatic rings. The number of nitrogens with one attached hydrogen (secondary N) is 1. The number of likely N-dealkylation sites (N-methyl/N-ethyl adjacent to an activating group) is 1. The summed E-state index contributed by atoms with van der Waals surface area (Å²) < 4.78 is 6.48. The molecule has 2 heterocycles. The van der Waals surface area contributed by atoms with Crippen molar-refractivity contribution >= 4 is 26.8 Å². The van der Waals surface area contributed by atoms with Crippen molar-refractivity contribution in [1.82, 2.24) is 10.3 Å². The Hall–Kier alpha value is -1.65. The average molecular weight is 345 g/mol. The van der Waals surface area contributed by atoms with Crippen LogP contribution in [-0.4, -0.2) is 11.5 Å². The maximum atomic E-state index is 5.72. The van der Waals surface area contributed by atoms with Crippen molar-refractivity contribution in [2.24, 2.45) is 0 Å². The van der Waals surface area contributed by atoms with Crippen LogP contribution in [0.1, 0.15) is 24.3 Å². The molecule has 0 saturated carbocycles. The monoisotopic (exact) mass is 344 g/mol. The molecule has 4 heteroatoms. The number of fused-ring (bicyclic) bond motifs is 1. The Morgan fingerprint density at radius 2 is 2.05 bits per heavy atom. The standard InChI is InChI=1S/C17H17BrN2O/c1-2-19-15(16-7-8-17(18)21-16)11-12-9-10-20-14-6-4-3-5-13(12)14/h3-10,15,19H,2,11H2,1H3. The number of benzene rings is 1. The summed E-state index contributed by atoms with van der Waals surface area (Å²) in [6, 6.07) is 14.4. The van der Waals surface area contributed by atoms with Crippen molar-refractivity contribution < 1.29 is 4.42 Å². The molecule has 2 aromatic heterocycles. The van der Waals surface area contributed by atoms with Gasteiger partial charge in [-0.15, -0.1) is 0 Å². The highest BCUT2D eigenvalue weighted by Crippen LogP contribution is 2.26. The van der Waals surface area contributed by atoms with Crippen molar-refractivity contribution in [3.05, 3.63) is 64.7 Å². The van der Waals surface area contributed by atoms with Gasteiger partial charge in [-0.25, -0.2) is 0 Å². The molecular weight excluding hydrogens is 328 g/mol. The molecule has 0 bridgehead atoms. The lowest BCUT2D eigenvalue weighted by Crippen LogP contribution is -2.22. The fraction of sp³-hybridized carbons (Fsp3) is 0.235. The minimum Gasteiger partial charge on any atom is -0.453 e. The first kappa shape index (κ1) is 14.3. The lowest BCUT2D eigenvalue weighted by molar-refractivity contribution is 0.405. The summed E-state index contributed by atoms with van der Waals surface area (Å²) in [5, 5.41) is 4.69. The number of pyridine rings is 1. The number of rotatable bonds is 5. The maximum Gasteiger partial charge on any atom is 0.169 e. The topological polar surface area (TPSA) is 38.1 Å². The number of halogens is 1. The summed E-state index contributed by atoms with van der Waals surface area (Å²) in [7, 11) is 0. The summed E-state index contributed by atoms with van der Waals surface area (Å²) in [5.41, 5.74) is 2.31. The minimum atomic E-state index is 0.159. The third-order valence-electron chi connectivity index (χ3n) is 3.55. The third kappa shape index (κ3) is 3.17. The molecular formula is C17H17BrN2O. The molecule has 1 N–H and O–H groups in total. The van der Waals surface area contributed by atoms with Crippen LogP contribution in [0.2, 0.25) is 0 Å². The van der Waals surface area contributed by atoms with E-state index in [9.17, 15) is 0 Å². The van der Waals surface area contributed by atoms with Crippen LogP contribution in [-0.2, 0) is 6.42 Å². The smallest absolute Gasteiger partial charge is 0.169 e. The first-order chi connectivity index (χ1) is 10.3. The molecule has 3 nitrogen and oxygen atoms in total. The number of furan rings is 1. The van der Waals surface area contributed by atoms with Crippen molar-refractivity contribution in [2.75, 3.05) is 6.54 Å². The molecule has 0 amide bonds. The largest absolute Gasteiger partial charge is 0.453 e. The second-order valence-corrected chi connectivity index (χ2v) is 5.73. The average Bonchev–Trinajstić information content (AvgIpc) is 2.94. The molecule has 0 aliphatic carbocycles. The van der Waals surface area contributed by atoms with Gasteiger partial charge in [0, 0.05) is 11.6 Å². The van der Waals surface area contributed by atoms with Gasteiger partial charge in [-0.05, 0) is 58.7 Å². The first-order valence-corrected chi connectivity index (χ1v) is 7.88. The highest BCUT2D eigenvalue weighted by molar-refractivity contribution is 9.10. The van der Waals surface area contributed by atoms with Crippen LogP contribution in [0.5, 0.6) is 0 Å². The fourth-order valence-electron chi connectivity index (χ4n) is 2.59. The van der Waals surface area contributed by atoms with E-state index in [0.29, 0.717) is 0 Å². The van der Waals surface area contributed by atoms with Crippen molar-refractivity contribution in [3.8, 4) is 0 Å².